The predicted molar refractivity (Wildman–Crippen MR) is 91.4 cm³/mol. The Kier molecular flexibility index (Phi) is 3.73. The molecular formula is C16H11N5O2S. The van der Waals surface area contributed by atoms with Gasteiger partial charge in [0.15, 0.2) is 0 Å². The number of thiophene rings is 1. The Morgan fingerprint density at radius 1 is 1.17 bits per heavy atom. The molecule has 3 aromatic heterocycles. The Labute approximate surface area is 140 Å². The lowest BCUT2D eigenvalue weighted by Crippen LogP contribution is -2.00. The van der Waals surface area contributed by atoms with E-state index >= 15 is 0 Å². The zero-order valence-corrected chi connectivity index (χ0v) is 13.1. The molecule has 0 spiro atoms. The van der Waals surface area contributed by atoms with Crippen molar-refractivity contribution in [3.63, 3.8) is 0 Å². The van der Waals surface area contributed by atoms with Gasteiger partial charge in [0.05, 0.1) is 5.69 Å². The summed E-state index contributed by atoms with van der Waals surface area (Å²) in [5.74, 6) is 0.869. The van der Waals surface area contributed by atoms with Crippen LogP contribution in [0.15, 0.2) is 58.2 Å². The van der Waals surface area contributed by atoms with Crippen molar-refractivity contribution < 1.29 is 9.73 Å². The quantitative estimate of drug-likeness (QED) is 0.335. The molecule has 0 aliphatic heterocycles. The Morgan fingerprint density at radius 2 is 2.04 bits per heavy atom. The van der Waals surface area contributed by atoms with E-state index < -0.39 is 0 Å². The standard InChI is InChI=1S/C16H11N5O2S/c22-19-9-18-12-11-7-4-8-17-16(11)24-13(12)15-20-14(21-23-15)10-5-2-1-3-6-10/h1-9,22H,(H,18,19). The lowest BCUT2D eigenvalue weighted by molar-refractivity contribution is 0.240. The van der Waals surface area contributed by atoms with Crippen LogP contribution >= 0.6 is 11.3 Å². The summed E-state index contributed by atoms with van der Waals surface area (Å²) in [7, 11) is 0. The Morgan fingerprint density at radius 3 is 2.88 bits per heavy atom. The van der Waals surface area contributed by atoms with E-state index in [0.29, 0.717) is 22.3 Å². The van der Waals surface area contributed by atoms with Crippen LogP contribution in [0.25, 0.3) is 32.4 Å². The SMILES string of the molecule is ONC=Nc1c(-c2nc(-c3ccccc3)no2)sc2ncccc12. The second-order valence-electron chi connectivity index (χ2n) is 4.81. The van der Waals surface area contributed by atoms with Gasteiger partial charge < -0.3 is 4.52 Å². The second-order valence-corrected chi connectivity index (χ2v) is 5.81. The molecule has 1 aromatic carbocycles. The van der Waals surface area contributed by atoms with Gasteiger partial charge in [0.25, 0.3) is 5.89 Å². The third kappa shape index (κ3) is 2.53. The van der Waals surface area contributed by atoms with Gasteiger partial charge >= 0.3 is 0 Å². The number of hydroxylamine groups is 1. The summed E-state index contributed by atoms with van der Waals surface area (Å²) in [6, 6.07) is 13.3. The van der Waals surface area contributed by atoms with E-state index in [9.17, 15) is 0 Å². The van der Waals surface area contributed by atoms with E-state index in [1.54, 1.807) is 6.20 Å². The van der Waals surface area contributed by atoms with Crippen molar-refractivity contribution in [2.45, 2.75) is 0 Å². The summed E-state index contributed by atoms with van der Waals surface area (Å²) in [6.07, 6.45) is 2.90. The molecule has 24 heavy (non-hydrogen) atoms. The third-order valence-electron chi connectivity index (χ3n) is 3.34. The minimum absolute atomic E-state index is 0.363. The van der Waals surface area contributed by atoms with E-state index in [-0.39, 0.29) is 0 Å². The van der Waals surface area contributed by atoms with Crippen LogP contribution in [0.4, 0.5) is 5.69 Å². The van der Waals surface area contributed by atoms with Crippen LogP contribution in [0.5, 0.6) is 0 Å². The van der Waals surface area contributed by atoms with Crippen molar-refractivity contribution in [2.24, 2.45) is 4.99 Å². The van der Waals surface area contributed by atoms with Crippen LogP contribution in [0, 0.1) is 0 Å². The predicted octanol–water partition coefficient (Wildman–Crippen LogP) is 3.65. The van der Waals surface area contributed by atoms with Gasteiger partial charge in [-0.1, -0.05) is 35.5 Å². The number of nitrogens with zero attached hydrogens (tertiary/aromatic N) is 4. The molecule has 0 fully saturated rings. The summed E-state index contributed by atoms with van der Waals surface area (Å²) in [5.41, 5.74) is 3.39. The monoisotopic (exact) mass is 337 g/mol. The van der Waals surface area contributed by atoms with Crippen molar-refractivity contribution in [3.8, 4) is 22.2 Å². The number of hydrogen-bond donors (Lipinski definition) is 2. The molecule has 3 heterocycles. The van der Waals surface area contributed by atoms with Crippen LogP contribution in [-0.2, 0) is 0 Å². The van der Waals surface area contributed by atoms with E-state index in [4.69, 9.17) is 9.73 Å². The van der Waals surface area contributed by atoms with Crippen LogP contribution in [-0.4, -0.2) is 26.7 Å². The highest BCUT2D eigenvalue weighted by Gasteiger charge is 2.19. The molecule has 7 nitrogen and oxygen atoms in total. The van der Waals surface area contributed by atoms with Gasteiger partial charge in [-0.25, -0.2) is 9.98 Å². The molecule has 0 saturated heterocycles. The Hall–Kier alpha value is -3.10. The molecule has 0 atom stereocenters. The van der Waals surface area contributed by atoms with Crippen molar-refractivity contribution in [3.05, 3.63) is 48.7 Å². The molecule has 0 aliphatic carbocycles. The number of pyridine rings is 1. The summed E-state index contributed by atoms with van der Waals surface area (Å²) >= 11 is 1.41. The highest BCUT2D eigenvalue weighted by Crippen LogP contribution is 2.43. The smallest absolute Gasteiger partial charge is 0.270 e. The molecule has 4 rings (SSSR count). The maximum atomic E-state index is 8.79. The highest BCUT2D eigenvalue weighted by molar-refractivity contribution is 7.22. The summed E-state index contributed by atoms with van der Waals surface area (Å²) < 4.78 is 5.42. The molecule has 0 bridgehead atoms. The first-order valence-corrected chi connectivity index (χ1v) is 7.87. The van der Waals surface area contributed by atoms with Gasteiger partial charge in [0.2, 0.25) is 5.82 Å². The zero-order valence-electron chi connectivity index (χ0n) is 12.2. The zero-order chi connectivity index (χ0) is 16.4. The minimum Gasteiger partial charge on any atom is -0.333 e. The molecule has 0 amide bonds. The van der Waals surface area contributed by atoms with E-state index in [0.717, 1.165) is 15.8 Å². The molecule has 2 N–H and O–H groups in total. The summed E-state index contributed by atoms with van der Waals surface area (Å²) in [5, 5.41) is 13.7. The molecular weight excluding hydrogens is 326 g/mol. The topological polar surface area (TPSA) is 96.4 Å². The van der Waals surface area contributed by atoms with Crippen molar-refractivity contribution in [2.75, 3.05) is 0 Å². The first-order chi connectivity index (χ1) is 11.9. The molecule has 118 valence electrons. The maximum Gasteiger partial charge on any atom is 0.270 e. The fourth-order valence-electron chi connectivity index (χ4n) is 2.31. The lowest BCUT2D eigenvalue weighted by Gasteiger charge is -1.94. The molecule has 8 heteroatoms. The number of hydrogen-bond acceptors (Lipinski definition) is 7. The Balaban J connectivity index is 1.85. The third-order valence-corrected chi connectivity index (χ3v) is 4.43. The number of aliphatic imine (C=N–C) groups is 1. The van der Waals surface area contributed by atoms with Crippen LogP contribution in [0.2, 0.25) is 0 Å². The fourth-order valence-corrected chi connectivity index (χ4v) is 3.32. The van der Waals surface area contributed by atoms with Gasteiger partial charge in [-0.2, -0.15) is 4.98 Å². The van der Waals surface area contributed by atoms with E-state index in [1.165, 1.54) is 17.7 Å². The lowest BCUT2D eigenvalue weighted by atomic mass is 10.2. The normalized spacial score (nSPS) is 11.4. The van der Waals surface area contributed by atoms with Crippen LogP contribution < -0.4 is 5.48 Å². The van der Waals surface area contributed by atoms with Crippen molar-refractivity contribution in [1.29, 1.82) is 0 Å². The molecule has 0 radical (unpaired) electrons. The summed E-state index contributed by atoms with van der Waals surface area (Å²) in [4.78, 5) is 14.5. The van der Waals surface area contributed by atoms with Crippen molar-refractivity contribution in [1.82, 2.24) is 20.6 Å². The minimum atomic E-state index is 0.363. The average Bonchev–Trinajstić information content (AvgIpc) is 3.25. The number of benzene rings is 1. The number of fused-ring (bicyclic) bond motifs is 1. The number of nitrogens with one attached hydrogen (secondary N) is 1. The first kappa shape index (κ1) is 14.5. The molecule has 0 unspecified atom stereocenters. The Bertz CT molecular complexity index is 1010. The number of aromatic nitrogens is 3. The average molecular weight is 337 g/mol. The molecule has 0 aliphatic rings. The highest BCUT2D eigenvalue weighted by atomic mass is 32.1. The van der Waals surface area contributed by atoms with Gasteiger partial charge in [-0.05, 0) is 12.1 Å². The van der Waals surface area contributed by atoms with E-state index in [1.807, 2.05) is 47.9 Å². The van der Waals surface area contributed by atoms with Crippen LogP contribution in [0.3, 0.4) is 0 Å². The van der Waals surface area contributed by atoms with Gasteiger partial charge in [-0.15, -0.1) is 11.3 Å². The summed E-state index contributed by atoms with van der Waals surface area (Å²) in [6.45, 7) is 0. The largest absolute Gasteiger partial charge is 0.333 e. The van der Waals surface area contributed by atoms with Gasteiger partial charge in [0, 0.05) is 17.1 Å². The fraction of sp³-hybridized carbons (Fsp3) is 0. The first-order valence-electron chi connectivity index (χ1n) is 7.06. The number of rotatable bonds is 4. The molecule has 0 saturated carbocycles. The van der Waals surface area contributed by atoms with Gasteiger partial charge in [0.1, 0.15) is 16.0 Å². The van der Waals surface area contributed by atoms with Gasteiger partial charge in [-0.3, -0.25) is 10.7 Å². The second kappa shape index (κ2) is 6.19. The van der Waals surface area contributed by atoms with Crippen LogP contribution in [0.1, 0.15) is 0 Å². The molecule has 4 aromatic rings. The van der Waals surface area contributed by atoms with E-state index in [2.05, 4.69) is 20.1 Å². The van der Waals surface area contributed by atoms with Crippen molar-refractivity contribution >= 4 is 33.6 Å². The maximum absolute atomic E-state index is 8.79.